The van der Waals surface area contributed by atoms with Crippen molar-refractivity contribution in [2.24, 2.45) is 0 Å². The molecule has 0 N–H and O–H groups in total. The quantitative estimate of drug-likeness (QED) is 0.616. The summed E-state index contributed by atoms with van der Waals surface area (Å²) in [6, 6.07) is 11.2. The highest BCUT2D eigenvalue weighted by molar-refractivity contribution is 6.33. The Kier molecular flexibility index (Phi) is 5.07. The maximum absolute atomic E-state index is 13.4. The van der Waals surface area contributed by atoms with Gasteiger partial charge in [0, 0.05) is 13.1 Å². The molecule has 0 amide bonds. The van der Waals surface area contributed by atoms with Gasteiger partial charge >= 0.3 is 5.97 Å². The SMILES string of the molecule is COC(=O)c1ccccc1-n1ncc(N2CCc3cc(F)ccc3C2)c(Cl)c1=O. The number of nitrogens with zero attached hydrogens (tertiary/aromatic N) is 3. The number of anilines is 1. The van der Waals surface area contributed by atoms with Crippen LogP contribution in [0.1, 0.15) is 21.5 Å². The molecule has 6 nitrogen and oxygen atoms in total. The van der Waals surface area contributed by atoms with E-state index in [9.17, 15) is 14.0 Å². The molecule has 0 atom stereocenters. The van der Waals surface area contributed by atoms with Crippen molar-refractivity contribution in [1.82, 2.24) is 9.78 Å². The van der Waals surface area contributed by atoms with Crippen LogP contribution in [-0.4, -0.2) is 29.4 Å². The fourth-order valence-corrected chi connectivity index (χ4v) is 3.73. The van der Waals surface area contributed by atoms with Crippen molar-refractivity contribution in [2.45, 2.75) is 13.0 Å². The van der Waals surface area contributed by atoms with Gasteiger partial charge in [-0.25, -0.2) is 9.18 Å². The number of ether oxygens (including phenoxy) is 1. The molecule has 0 unspecified atom stereocenters. The second-order valence-electron chi connectivity index (χ2n) is 6.65. The van der Waals surface area contributed by atoms with Crippen molar-refractivity contribution >= 4 is 23.3 Å². The number of halogens is 2. The molecule has 1 aliphatic heterocycles. The summed E-state index contributed by atoms with van der Waals surface area (Å²) in [4.78, 5) is 26.9. The Hall–Kier alpha value is -3.19. The summed E-state index contributed by atoms with van der Waals surface area (Å²) in [5, 5.41) is 4.25. The van der Waals surface area contributed by atoms with E-state index in [2.05, 4.69) is 5.10 Å². The molecule has 0 spiro atoms. The molecule has 8 heteroatoms. The minimum atomic E-state index is -0.575. The van der Waals surface area contributed by atoms with Crippen LogP contribution in [0, 0.1) is 5.82 Å². The van der Waals surface area contributed by atoms with Gasteiger partial charge in [0.15, 0.2) is 0 Å². The third-order valence-electron chi connectivity index (χ3n) is 4.96. The van der Waals surface area contributed by atoms with Crippen LogP contribution in [0.2, 0.25) is 5.02 Å². The van der Waals surface area contributed by atoms with Gasteiger partial charge in [0.05, 0.1) is 30.2 Å². The molecule has 0 bridgehead atoms. The van der Waals surface area contributed by atoms with Crippen molar-refractivity contribution < 1.29 is 13.9 Å². The smallest absolute Gasteiger partial charge is 0.340 e. The molecule has 0 saturated carbocycles. The Bertz CT molecular complexity index is 1160. The lowest BCUT2D eigenvalue weighted by molar-refractivity contribution is 0.0600. The number of benzene rings is 2. The zero-order valence-corrected chi connectivity index (χ0v) is 16.3. The van der Waals surface area contributed by atoms with E-state index in [-0.39, 0.29) is 22.1 Å². The number of carbonyl (C=O) groups is 1. The summed E-state index contributed by atoms with van der Waals surface area (Å²) < 4.78 is 19.3. The van der Waals surface area contributed by atoms with Crippen molar-refractivity contribution in [3.8, 4) is 5.69 Å². The molecule has 0 aliphatic carbocycles. The first-order valence-electron chi connectivity index (χ1n) is 8.97. The lowest BCUT2D eigenvalue weighted by Gasteiger charge is -2.31. The van der Waals surface area contributed by atoms with E-state index >= 15 is 0 Å². The van der Waals surface area contributed by atoms with Gasteiger partial charge in [0.1, 0.15) is 10.8 Å². The summed E-state index contributed by atoms with van der Waals surface area (Å²) in [7, 11) is 1.27. The topological polar surface area (TPSA) is 64.4 Å². The van der Waals surface area contributed by atoms with Gasteiger partial charge in [0.25, 0.3) is 5.56 Å². The third-order valence-corrected chi connectivity index (χ3v) is 5.31. The maximum atomic E-state index is 13.4. The van der Waals surface area contributed by atoms with Crippen molar-refractivity contribution in [2.75, 3.05) is 18.6 Å². The second-order valence-corrected chi connectivity index (χ2v) is 7.03. The van der Waals surface area contributed by atoms with Crippen LogP contribution in [0.4, 0.5) is 10.1 Å². The fraction of sp³-hybridized carbons (Fsp3) is 0.190. The zero-order valence-electron chi connectivity index (χ0n) is 15.6. The molecule has 148 valence electrons. The Morgan fingerprint density at radius 1 is 1.17 bits per heavy atom. The van der Waals surface area contributed by atoms with Crippen LogP contribution in [0.25, 0.3) is 5.69 Å². The number of methoxy groups -OCH3 is 1. The summed E-state index contributed by atoms with van der Waals surface area (Å²) in [5.74, 6) is -0.835. The average Bonchev–Trinajstić information content (AvgIpc) is 2.75. The first-order chi connectivity index (χ1) is 14.0. The van der Waals surface area contributed by atoms with Gasteiger partial charge in [-0.05, 0) is 41.8 Å². The molecular weight excluding hydrogens is 397 g/mol. The third kappa shape index (κ3) is 3.49. The van der Waals surface area contributed by atoms with Gasteiger partial charge in [-0.3, -0.25) is 4.79 Å². The van der Waals surface area contributed by atoms with E-state index in [4.69, 9.17) is 16.3 Å². The average molecular weight is 414 g/mol. The molecule has 4 rings (SSSR count). The van der Waals surface area contributed by atoms with Crippen LogP contribution in [-0.2, 0) is 17.7 Å². The lowest BCUT2D eigenvalue weighted by Crippen LogP contribution is -2.33. The van der Waals surface area contributed by atoms with Crippen LogP contribution in [0.15, 0.2) is 53.5 Å². The largest absolute Gasteiger partial charge is 0.465 e. The first kappa shape index (κ1) is 19.1. The summed E-state index contributed by atoms with van der Waals surface area (Å²) >= 11 is 6.41. The zero-order chi connectivity index (χ0) is 20.5. The fourth-order valence-electron chi connectivity index (χ4n) is 3.48. The number of aromatic nitrogens is 2. The number of hydrogen-bond donors (Lipinski definition) is 0. The van der Waals surface area contributed by atoms with Crippen LogP contribution in [0.3, 0.4) is 0 Å². The number of esters is 1. The highest BCUT2D eigenvalue weighted by Gasteiger charge is 2.23. The number of para-hydroxylation sites is 1. The van der Waals surface area contributed by atoms with E-state index in [1.807, 2.05) is 4.90 Å². The number of carbonyl (C=O) groups excluding carboxylic acids is 1. The molecule has 2 heterocycles. The van der Waals surface area contributed by atoms with Crippen molar-refractivity contribution in [1.29, 1.82) is 0 Å². The molecule has 0 radical (unpaired) electrons. The predicted octanol–water partition coefficient (Wildman–Crippen LogP) is 3.37. The molecule has 29 heavy (non-hydrogen) atoms. The molecule has 0 fully saturated rings. The van der Waals surface area contributed by atoms with Crippen LogP contribution >= 0.6 is 11.6 Å². The molecule has 2 aromatic carbocycles. The predicted molar refractivity (Wildman–Crippen MR) is 107 cm³/mol. The number of hydrogen-bond acceptors (Lipinski definition) is 5. The Morgan fingerprint density at radius 3 is 2.76 bits per heavy atom. The Morgan fingerprint density at radius 2 is 1.97 bits per heavy atom. The summed E-state index contributed by atoms with van der Waals surface area (Å²) in [6.07, 6.45) is 2.14. The van der Waals surface area contributed by atoms with E-state index in [1.165, 1.54) is 25.4 Å². The molecule has 1 aromatic heterocycles. The normalized spacial score (nSPS) is 13.1. The van der Waals surface area contributed by atoms with Gasteiger partial charge in [-0.1, -0.05) is 29.8 Å². The van der Waals surface area contributed by atoms with Crippen LogP contribution in [0.5, 0.6) is 0 Å². The van der Waals surface area contributed by atoms with Crippen molar-refractivity contribution in [3.05, 3.63) is 86.5 Å². The van der Waals surface area contributed by atoms with Gasteiger partial charge in [0.2, 0.25) is 0 Å². The summed E-state index contributed by atoms with van der Waals surface area (Å²) in [6.45, 7) is 1.08. The summed E-state index contributed by atoms with van der Waals surface area (Å²) in [5.41, 5.74) is 2.39. The van der Waals surface area contributed by atoms with E-state index in [0.29, 0.717) is 25.2 Å². The monoisotopic (exact) mass is 413 g/mol. The van der Waals surface area contributed by atoms with Crippen molar-refractivity contribution in [3.63, 3.8) is 0 Å². The minimum Gasteiger partial charge on any atom is -0.465 e. The number of rotatable bonds is 3. The van der Waals surface area contributed by atoms with E-state index < -0.39 is 11.5 Å². The molecule has 1 aliphatic rings. The lowest BCUT2D eigenvalue weighted by atomic mass is 9.99. The van der Waals surface area contributed by atoms with Gasteiger partial charge in [-0.2, -0.15) is 9.78 Å². The first-order valence-corrected chi connectivity index (χ1v) is 9.35. The molecule has 3 aromatic rings. The molecule has 0 saturated heterocycles. The van der Waals surface area contributed by atoms with E-state index in [0.717, 1.165) is 15.8 Å². The molecular formula is C21H17ClFN3O3. The highest BCUT2D eigenvalue weighted by atomic mass is 35.5. The number of fused-ring (bicyclic) bond motifs is 1. The van der Waals surface area contributed by atoms with Crippen LogP contribution < -0.4 is 10.5 Å². The standard InChI is InChI=1S/C21H17ClFN3O3/c1-29-21(28)16-4-2-3-5-17(16)26-20(27)19(22)18(11-24-26)25-9-8-13-10-15(23)7-6-14(13)12-25/h2-7,10-11H,8-9,12H2,1H3. The highest BCUT2D eigenvalue weighted by Crippen LogP contribution is 2.28. The second kappa shape index (κ2) is 7.67. The Labute approximate surface area is 171 Å². The van der Waals surface area contributed by atoms with E-state index in [1.54, 1.807) is 30.3 Å². The Balaban J connectivity index is 1.72. The maximum Gasteiger partial charge on any atom is 0.340 e. The minimum absolute atomic E-state index is 0.00484. The van der Waals surface area contributed by atoms with Gasteiger partial charge < -0.3 is 9.64 Å². The van der Waals surface area contributed by atoms with Gasteiger partial charge in [-0.15, -0.1) is 0 Å².